The van der Waals surface area contributed by atoms with Crippen molar-refractivity contribution in [1.29, 1.82) is 0 Å². The van der Waals surface area contributed by atoms with Crippen LogP contribution in [0.1, 0.15) is 0 Å². The molecule has 0 fully saturated rings. The lowest BCUT2D eigenvalue weighted by molar-refractivity contribution is -0.0120. The van der Waals surface area contributed by atoms with Crippen LogP contribution in [0.25, 0.3) is 0 Å². The van der Waals surface area contributed by atoms with E-state index in [0.29, 0.717) is 52.9 Å². The average molecular weight is 378 g/mol. The molecule has 0 spiro atoms. The SMILES string of the molecule is COC(I)COCCOCCOCCOCCO. The Labute approximate surface area is 122 Å². The van der Waals surface area contributed by atoms with E-state index in [1.54, 1.807) is 7.11 Å². The Morgan fingerprint density at radius 3 is 1.72 bits per heavy atom. The molecule has 0 bridgehead atoms. The Morgan fingerprint density at radius 2 is 1.28 bits per heavy atom. The molecular weight excluding hydrogens is 355 g/mol. The number of alkyl halides is 1. The summed E-state index contributed by atoms with van der Waals surface area (Å²) in [4.78, 5) is 0. The lowest BCUT2D eigenvalue weighted by atomic mass is 10.7. The first kappa shape index (κ1) is 18.5. The third-order valence-corrected chi connectivity index (χ3v) is 2.72. The number of halogens is 1. The highest BCUT2D eigenvalue weighted by Crippen LogP contribution is 2.00. The largest absolute Gasteiger partial charge is 0.394 e. The van der Waals surface area contributed by atoms with Gasteiger partial charge in [0.05, 0.1) is 59.5 Å². The van der Waals surface area contributed by atoms with Gasteiger partial charge in [-0.25, -0.2) is 0 Å². The summed E-state index contributed by atoms with van der Waals surface area (Å²) in [6.45, 7) is 4.18. The van der Waals surface area contributed by atoms with Gasteiger partial charge in [0.15, 0.2) is 0 Å². The summed E-state index contributed by atoms with van der Waals surface area (Å²) in [6, 6.07) is 0. The fourth-order valence-electron chi connectivity index (χ4n) is 0.968. The topological polar surface area (TPSA) is 66.4 Å². The molecule has 0 rings (SSSR count). The smallest absolute Gasteiger partial charge is 0.131 e. The number of hydrogen-bond donors (Lipinski definition) is 1. The molecule has 0 aromatic carbocycles. The van der Waals surface area contributed by atoms with Gasteiger partial charge >= 0.3 is 0 Å². The van der Waals surface area contributed by atoms with Crippen molar-refractivity contribution in [2.24, 2.45) is 0 Å². The number of aliphatic hydroxyl groups excluding tert-OH is 1. The minimum atomic E-state index is 0.0459. The van der Waals surface area contributed by atoms with Gasteiger partial charge in [0, 0.05) is 7.11 Å². The molecule has 1 unspecified atom stereocenters. The molecule has 110 valence electrons. The van der Waals surface area contributed by atoms with Crippen LogP contribution in [0.3, 0.4) is 0 Å². The van der Waals surface area contributed by atoms with E-state index in [-0.39, 0.29) is 10.7 Å². The molecule has 0 amide bonds. The van der Waals surface area contributed by atoms with Crippen molar-refractivity contribution < 1.29 is 28.8 Å². The number of hydrogen-bond acceptors (Lipinski definition) is 6. The molecule has 0 aliphatic rings. The molecule has 1 N–H and O–H groups in total. The number of methoxy groups -OCH3 is 1. The molecule has 0 radical (unpaired) electrons. The molecule has 0 aliphatic heterocycles. The van der Waals surface area contributed by atoms with E-state index >= 15 is 0 Å². The van der Waals surface area contributed by atoms with Gasteiger partial charge in [-0.15, -0.1) is 0 Å². The quantitative estimate of drug-likeness (QED) is 0.269. The van der Waals surface area contributed by atoms with Crippen molar-refractivity contribution in [2.75, 3.05) is 66.6 Å². The van der Waals surface area contributed by atoms with Gasteiger partial charge in [-0.2, -0.15) is 0 Å². The summed E-state index contributed by atoms with van der Waals surface area (Å²) < 4.78 is 26.0. The molecule has 18 heavy (non-hydrogen) atoms. The average Bonchev–Trinajstić information content (AvgIpc) is 2.39. The zero-order valence-electron chi connectivity index (χ0n) is 10.8. The maximum absolute atomic E-state index is 8.45. The van der Waals surface area contributed by atoms with Crippen molar-refractivity contribution in [3.05, 3.63) is 0 Å². The van der Waals surface area contributed by atoms with E-state index in [9.17, 15) is 0 Å². The van der Waals surface area contributed by atoms with Gasteiger partial charge in [0.25, 0.3) is 0 Å². The van der Waals surface area contributed by atoms with E-state index in [0.717, 1.165) is 0 Å². The monoisotopic (exact) mass is 378 g/mol. The zero-order chi connectivity index (χ0) is 13.5. The Bertz CT molecular complexity index is 160. The molecule has 6 nitrogen and oxygen atoms in total. The van der Waals surface area contributed by atoms with Crippen LogP contribution in [0, 0.1) is 0 Å². The normalized spacial score (nSPS) is 12.8. The van der Waals surface area contributed by atoms with Crippen LogP contribution in [0.4, 0.5) is 0 Å². The first-order valence-corrected chi connectivity index (χ1v) is 7.14. The standard InChI is InChI=1S/C11H23IO6/c1-14-11(12)10-18-9-8-17-7-6-16-5-4-15-3-2-13/h11,13H,2-10H2,1H3. The summed E-state index contributed by atoms with van der Waals surface area (Å²) in [7, 11) is 1.65. The highest BCUT2D eigenvalue weighted by molar-refractivity contribution is 14.1. The molecule has 0 heterocycles. The molecule has 0 saturated carbocycles. The van der Waals surface area contributed by atoms with Crippen molar-refractivity contribution in [2.45, 2.75) is 4.11 Å². The van der Waals surface area contributed by atoms with Gasteiger partial charge in [0.1, 0.15) is 4.11 Å². The van der Waals surface area contributed by atoms with E-state index in [1.165, 1.54) is 0 Å². The van der Waals surface area contributed by atoms with Crippen molar-refractivity contribution >= 4 is 22.6 Å². The van der Waals surface area contributed by atoms with Crippen molar-refractivity contribution in [3.8, 4) is 0 Å². The maximum atomic E-state index is 8.45. The molecule has 0 saturated heterocycles. The fraction of sp³-hybridized carbons (Fsp3) is 1.00. The van der Waals surface area contributed by atoms with Gasteiger partial charge < -0.3 is 28.8 Å². The minimum Gasteiger partial charge on any atom is -0.394 e. The summed E-state index contributed by atoms with van der Waals surface area (Å²) in [6.07, 6.45) is 0. The molecule has 0 aromatic rings. The second-order valence-corrected chi connectivity index (χ2v) is 4.67. The first-order valence-electron chi connectivity index (χ1n) is 5.90. The summed E-state index contributed by atoms with van der Waals surface area (Å²) in [5.41, 5.74) is 0. The van der Waals surface area contributed by atoms with Gasteiger partial charge in [-0.05, 0) is 22.6 Å². The Balaban J connectivity index is 2.94. The van der Waals surface area contributed by atoms with Gasteiger partial charge in [-0.3, -0.25) is 0 Å². The van der Waals surface area contributed by atoms with E-state index in [1.807, 2.05) is 0 Å². The van der Waals surface area contributed by atoms with Crippen LogP contribution >= 0.6 is 22.6 Å². The Kier molecular flexibility index (Phi) is 16.0. The van der Waals surface area contributed by atoms with Crippen LogP contribution in [0.15, 0.2) is 0 Å². The predicted molar refractivity (Wildman–Crippen MR) is 75.2 cm³/mol. The summed E-state index contributed by atoms with van der Waals surface area (Å²) in [5.74, 6) is 0. The Morgan fingerprint density at radius 1 is 0.833 bits per heavy atom. The third-order valence-electron chi connectivity index (χ3n) is 1.86. The lowest BCUT2D eigenvalue weighted by Crippen LogP contribution is -2.15. The van der Waals surface area contributed by atoms with Crippen LogP contribution in [0.5, 0.6) is 0 Å². The minimum absolute atomic E-state index is 0.0459. The highest BCUT2D eigenvalue weighted by Gasteiger charge is 1.99. The van der Waals surface area contributed by atoms with E-state index < -0.39 is 0 Å². The fourth-order valence-corrected chi connectivity index (χ4v) is 1.22. The molecule has 1 atom stereocenters. The van der Waals surface area contributed by atoms with Crippen LogP contribution in [0.2, 0.25) is 0 Å². The Hall–Kier alpha value is 0.490. The maximum Gasteiger partial charge on any atom is 0.131 e. The van der Waals surface area contributed by atoms with Gasteiger partial charge in [0.2, 0.25) is 0 Å². The number of rotatable bonds is 14. The van der Waals surface area contributed by atoms with Crippen LogP contribution < -0.4 is 0 Å². The number of aliphatic hydroxyl groups is 1. The van der Waals surface area contributed by atoms with E-state index in [4.69, 9.17) is 28.8 Å². The molecule has 0 aliphatic carbocycles. The highest BCUT2D eigenvalue weighted by atomic mass is 127. The number of ether oxygens (including phenoxy) is 5. The second kappa shape index (κ2) is 15.5. The first-order chi connectivity index (χ1) is 8.81. The molecule has 0 aromatic heterocycles. The van der Waals surface area contributed by atoms with Gasteiger partial charge in [-0.1, -0.05) is 0 Å². The predicted octanol–water partition coefficient (Wildman–Crippen LogP) is 0.453. The molecular formula is C11H23IO6. The summed E-state index contributed by atoms with van der Waals surface area (Å²) in [5, 5.41) is 8.45. The van der Waals surface area contributed by atoms with Crippen LogP contribution in [-0.4, -0.2) is 75.8 Å². The van der Waals surface area contributed by atoms with Crippen molar-refractivity contribution in [1.82, 2.24) is 0 Å². The zero-order valence-corrected chi connectivity index (χ0v) is 13.0. The lowest BCUT2D eigenvalue weighted by Gasteiger charge is -2.09. The van der Waals surface area contributed by atoms with Crippen LogP contribution in [-0.2, 0) is 23.7 Å². The van der Waals surface area contributed by atoms with Crippen molar-refractivity contribution in [3.63, 3.8) is 0 Å². The molecule has 7 heteroatoms. The second-order valence-electron chi connectivity index (χ2n) is 3.28. The third kappa shape index (κ3) is 14.6. The van der Waals surface area contributed by atoms with E-state index in [2.05, 4.69) is 22.6 Å². The summed E-state index contributed by atoms with van der Waals surface area (Å²) >= 11 is 2.16.